The van der Waals surface area contributed by atoms with Crippen molar-refractivity contribution in [1.82, 2.24) is 20.2 Å². The molecule has 0 fully saturated rings. The maximum Gasteiger partial charge on any atom is 0.191 e. The lowest BCUT2D eigenvalue weighted by atomic mass is 10.1. The van der Waals surface area contributed by atoms with Crippen molar-refractivity contribution in [3.05, 3.63) is 89.5 Å². The summed E-state index contributed by atoms with van der Waals surface area (Å²) < 4.78 is 2.06. The quantitative estimate of drug-likeness (QED) is 0.325. The average Bonchev–Trinajstić information content (AvgIpc) is 3.17. The number of aliphatic imine (C=N–C) groups is 1. The summed E-state index contributed by atoms with van der Waals surface area (Å²) in [5.74, 6) is 0.799. The normalized spacial score (nSPS) is 11.0. The molecule has 0 aliphatic heterocycles. The van der Waals surface area contributed by atoms with Gasteiger partial charge in [-0.05, 0) is 23.6 Å². The van der Waals surface area contributed by atoms with Gasteiger partial charge in [0, 0.05) is 39.1 Å². The number of hydrogen-bond donors (Lipinski definition) is 2. The molecule has 3 rings (SSSR count). The van der Waals surface area contributed by atoms with Crippen LogP contribution >= 0.6 is 24.0 Å². The minimum atomic E-state index is 0. The third-order valence-electron chi connectivity index (χ3n) is 4.21. The van der Waals surface area contributed by atoms with E-state index in [-0.39, 0.29) is 24.0 Å². The van der Waals surface area contributed by atoms with Gasteiger partial charge in [-0.25, -0.2) is 4.98 Å². The first-order valence-corrected chi connectivity index (χ1v) is 8.76. The van der Waals surface area contributed by atoms with Crippen molar-refractivity contribution < 1.29 is 0 Å². The maximum absolute atomic E-state index is 4.29. The molecule has 0 saturated heterocycles. The highest BCUT2D eigenvalue weighted by Crippen LogP contribution is 2.06. The largest absolute Gasteiger partial charge is 0.352 e. The molecule has 0 radical (unpaired) electrons. The number of rotatable bonds is 6. The van der Waals surface area contributed by atoms with E-state index in [1.54, 1.807) is 13.2 Å². The summed E-state index contributed by atoms with van der Waals surface area (Å²) in [6, 6.07) is 17.1. The van der Waals surface area contributed by atoms with Crippen molar-refractivity contribution >= 4 is 29.9 Å². The Kier molecular flexibility index (Phi) is 8.32. The van der Waals surface area contributed by atoms with Gasteiger partial charge in [0.05, 0.1) is 6.33 Å². The third-order valence-corrected chi connectivity index (χ3v) is 4.21. The second kappa shape index (κ2) is 10.7. The molecule has 2 N–H and O–H groups in total. The van der Waals surface area contributed by atoms with Gasteiger partial charge in [-0.3, -0.25) is 4.99 Å². The average molecular weight is 475 g/mol. The first kappa shape index (κ1) is 21.0. The van der Waals surface area contributed by atoms with Crippen LogP contribution in [0.1, 0.15) is 22.3 Å². The van der Waals surface area contributed by atoms with Gasteiger partial charge >= 0.3 is 0 Å². The Labute approximate surface area is 178 Å². The van der Waals surface area contributed by atoms with Crippen LogP contribution in [-0.4, -0.2) is 22.6 Å². The number of benzene rings is 2. The van der Waals surface area contributed by atoms with Crippen molar-refractivity contribution in [2.24, 2.45) is 4.99 Å². The first-order valence-electron chi connectivity index (χ1n) is 8.76. The Hall–Kier alpha value is -2.35. The molecule has 3 aromatic rings. The summed E-state index contributed by atoms with van der Waals surface area (Å²) in [6.45, 7) is 4.43. The van der Waals surface area contributed by atoms with Crippen LogP contribution < -0.4 is 10.6 Å². The number of guanidine groups is 1. The van der Waals surface area contributed by atoms with E-state index in [4.69, 9.17) is 0 Å². The molecule has 142 valence electrons. The predicted molar refractivity (Wildman–Crippen MR) is 121 cm³/mol. The Morgan fingerprint density at radius 1 is 0.926 bits per heavy atom. The summed E-state index contributed by atoms with van der Waals surface area (Å²) in [5.41, 5.74) is 4.99. The summed E-state index contributed by atoms with van der Waals surface area (Å²) in [4.78, 5) is 8.36. The van der Waals surface area contributed by atoms with E-state index in [0.717, 1.165) is 25.6 Å². The molecule has 0 aliphatic rings. The smallest absolute Gasteiger partial charge is 0.191 e. The molecule has 6 heteroatoms. The molecule has 0 atom stereocenters. The highest BCUT2D eigenvalue weighted by atomic mass is 127. The lowest BCUT2D eigenvalue weighted by Gasteiger charge is -2.12. The van der Waals surface area contributed by atoms with Crippen molar-refractivity contribution in [3.8, 4) is 0 Å². The third kappa shape index (κ3) is 6.71. The number of nitrogens with one attached hydrogen (secondary N) is 2. The van der Waals surface area contributed by atoms with E-state index in [0.29, 0.717) is 0 Å². The van der Waals surface area contributed by atoms with Crippen LogP contribution in [0.4, 0.5) is 0 Å². The molecular weight excluding hydrogens is 449 g/mol. The number of aryl methyl sites for hydroxylation is 1. The van der Waals surface area contributed by atoms with E-state index in [1.807, 2.05) is 12.5 Å². The molecule has 27 heavy (non-hydrogen) atoms. The number of halogens is 1. The van der Waals surface area contributed by atoms with Crippen molar-refractivity contribution in [2.75, 3.05) is 7.05 Å². The molecule has 2 aromatic carbocycles. The van der Waals surface area contributed by atoms with Crippen molar-refractivity contribution in [3.63, 3.8) is 0 Å². The van der Waals surface area contributed by atoms with Gasteiger partial charge in [0.1, 0.15) is 0 Å². The first-order chi connectivity index (χ1) is 12.7. The Morgan fingerprint density at radius 3 is 2.00 bits per heavy atom. The van der Waals surface area contributed by atoms with Crippen LogP contribution in [0.3, 0.4) is 0 Å². The van der Waals surface area contributed by atoms with Crippen LogP contribution in [0.15, 0.2) is 72.2 Å². The lowest BCUT2D eigenvalue weighted by molar-refractivity contribution is 0.792. The van der Waals surface area contributed by atoms with Crippen LogP contribution in [0.5, 0.6) is 0 Å². The van der Waals surface area contributed by atoms with E-state index in [1.165, 1.54) is 22.3 Å². The lowest BCUT2D eigenvalue weighted by Crippen LogP contribution is -2.36. The molecule has 5 nitrogen and oxygen atoms in total. The zero-order valence-corrected chi connectivity index (χ0v) is 18.1. The van der Waals surface area contributed by atoms with Crippen molar-refractivity contribution in [1.29, 1.82) is 0 Å². The van der Waals surface area contributed by atoms with Gasteiger partial charge in [-0.1, -0.05) is 54.1 Å². The zero-order valence-electron chi connectivity index (χ0n) is 15.7. The molecule has 1 heterocycles. The highest BCUT2D eigenvalue weighted by molar-refractivity contribution is 14.0. The predicted octanol–water partition coefficient (Wildman–Crippen LogP) is 3.72. The SMILES string of the molecule is CN=C(NCc1ccc(C)cc1)NCc1ccc(Cn2ccnc2)cc1.I. The molecule has 0 aliphatic carbocycles. The summed E-state index contributed by atoms with van der Waals surface area (Å²) in [5, 5.41) is 6.70. The number of nitrogens with zero attached hydrogens (tertiary/aromatic N) is 3. The number of hydrogen-bond acceptors (Lipinski definition) is 2. The van der Waals surface area contributed by atoms with Crippen molar-refractivity contribution in [2.45, 2.75) is 26.6 Å². The molecule has 0 bridgehead atoms. The van der Waals surface area contributed by atoms with E-state index in [9.17, 15) is 0 Å². The second-order valence-electron chi connectivity index (χ2n) is 6.32. The van der Waals surface area contributed by atoms with Crippen LogP contribution in [0.25, 0.3) is 0 Å². The van der Waals surface area contributed by atoms with Crippen LogP contribution in [-0.2, 0) is 19.6 Å². The number of aromatic nitrogens is 2. The molecule has 0 saturated carbocycles. The molecular formula is C21H26IN5. The fourth-order valence-corrected chi connectivity index (χ4v) is 2.65. The molecule has 0 unspecified atom stereocenters. The van der Waals surface area contributed by atoms with Gasteiger partial charge in [0.2, 0.25) is 0 Å². The van der Waals surface area contributed by atoms with E-state index < -0.39 is 0 Å². The van der Waals surface area contributed by atoms with Crippen LogP contribution in [0, 0.1) is 6.92 Å². The minimum Gasteiger partial charge on any atom is -0.352 e. The Morgan fingerprint density at radius 2 is 1.48 bits per heavy atom. The highest BCUT2D eigenvalue weighted by Gasteiger charge is 2.00. The standard InChI is InChI=1S/C21H25N5.HI/c1-17-3-5-18(6-4-17)13-24-21(22-2)25-14-19-7-9-20(10-8-19)15-26-12-11-23-16-26;/h3-12,16H,13-15H2,1-2H3,(H2,22,24,25);1H. The second-order valence-corrected chi connectivity index (χ2v) is 6.32. The fraction of sp³-hybridized carbons (Fsp3) is 0.238. The monoisotopic (exact) mass is 475 g/mol. The Bertz CT molecular complexity index is 824. The number of imidazole rings is 1. The Balaban J connectivity index is 0.00000261. The zero-order chi connectivity index (χ0) is 18.2. The van der Waals surface area contributed by atoms with E-state index >= 15 is 0 Å². The summed E-state index contributed by atoms with van der Waals surface area (Å²) >= 11 is 0. The maximum atomic E-state index is 4.29. The van der Waals surface area contributed by atoms with Gasteiger partial charge in [0.15, 0.2) is 5.96 Å². The van der Waals surface area contributed by atoms with Crippen LogP contribution in [0.2, 0.25) is 0 Å². The molecule has 0 amide bonds. The van der Waals surface area contributed by atoms with Gasteiger partial charge in [-0.15, -0.1) is 24.0 Å². The summed E-state index contributed by atoms with van der Waals surface area (Å²) in [6.07, 6.45) is 5.60. The molecule has 0 spiro atoms. The van der Waals surface area contributed by atoms with E-state index in [2.05, 4.69) is 80.6 Å². The van der Waals surface area contributed by atoms with Gasteiger partial charge in [-0.2, -0.15) is 0 Å². The topological polar surface area (TPSA) is 54.2 Å². The molecule has 1 aromatic heterocycles. The van der Waals surface area contributed by atoms with Gasteiger partial charge < -0.3 is 15.2 Å². The summed E-state index contributed by atoms with van der Waals surface area (Å²) in [7, 11) is 1.79. The van der Waals surface area contributed by atoms with Gasteiger partial charge in [0.25, 0.3) is 0 Å². The minimum absolute atomic E-state index is 0. The fourth-order valence-electron chi connectivity index (χ4n) is 2.65.